The van der Waals surface area contributed by atoms with E-state index in [4.69, 9.17) is 5.73 Å². The lowest BCUT2D eigenvalue weighted by Crippen LogP contribution is -2.10. The van der Waals surface area contributed by atoms with Crippen LogP contribution in [0, 0.1) is 0 Å². The monoisotopic (exact) mass is 754 g/mol. The van der Waals surface area contributed by atoms with Crippen molar-refractivity contribution in [3.8, 4) is 0 Å². The molecule has 5 heteroatoms. The molecule has 2 heterocycles. The fourth-order valence-electron chi connectivity index (χ4n) is 5.25. The van der Waals surface area contributed by atoms with Crippen molar-refractivity contribution in [2.45, 2.75) is 105 Å². The predicted octanol–water partition coefficient (Wildman–Crippen LogP) is 14.8. The molecule has 0 atom stereocenters. The molecule has 4 aromatic carbocycles. The van der Waals surface area contributed by atoms with Gasteiger partial charge in [-0.2, -0.15) is 0 Å². The molecule has 0 aliphatic heterocycles. The number of benzene rings is 4. The number of nitrogens with two attached hydrogens (primary N) is 1. The molecule has 0 amide bonds. The van der Waals surface area contributed by atoms with Gasteiger partial charge in [-0.1, -0.05) is 119 Å². The number of nitrogens with one attached hydrogen (secondary N) is 1. The maximum absolute atomic E-state index is 5.57. The Morgan fingerprint density at radius 1 is 0.490 bits per heavy atom. The van der Waals surface area contributed by atoms with Gasteiger partial charge >= 0.3 is 0 Å². The van der Waals surface area contributed by atoms with Crippen LogP contribution in [-0.4, -0.2) is 0 Å². The first kappa shape index (κ1) is 38.7. The van der Waals surface area contributed by atoms with Crippen molar-refractivity contribution in [2.24, 2.45) is 0 Å². The predicted molar refractivity (Wildman–Crippen MR) is 227 cm³/mol. The summed E-state index contributed by atoms with van der Waals surface area (Å²) in [4.78, 5) is 0. The summed E-state index contributed by atoms with van der Waals surface area (Å²) in [5.74, 6) is 0. The number of rotatable bonds is 2. The van der Waals surface area contributed by atoms with Crippen LogP contribution in [0.4, 0.5) is 17.1 Å². The highest BCUT2D eigenvalue weighted by Gasteiger charge is 2.17. The van der Waals surface area contributed by atoms with Crippen LogP contribution < -0.4 is 11.1 Å². The quantitative estimate of drug-likeness (QED) is 0.173. The first-order valence-electron chi connectivity index (χ1n) is 17.1. The third kappa shape index (κ3) is 10.4. The molecule has 0 aliphatic carbocycles. The number of nitrogen functional groups attached to an aromatic ring is 1. The zero-order valence-corrected chi connectivity index (χ0v) is 34.7. The van der Waals surface area contributed by atoms with Gasteiger partial charge < -0.3 is 11.1 Å². The number of halogens is 1. The van der Waals surface area contributed by atoms with Gasteiger partial charge in [0.1, 0.15) is 0 Å². The molecule has 0 spiro atoms. The Balaban J connectivity index is 0.000000183. The summed E-state index contributed by atoms with van der Waals surface area (Å²) < 4.78 is 3.89. The van der Waals surface area contributed by atoms with Gasteiger partial charge in [-0.05, 0) is 108 Å². The summed E-state index contributed by atoms with van der Waals surface area (Å²) in [6.07, 6.45) is 0. The molecule has 0 unspecified atom stereocenters. The molecular weight excluding hydrogens is 701 g/mol. The van der Waals surface area contributed by atoms with Crippen molar-refractivity contribution in [2.75, 3.05) is 11.1 Å². The summed E-state index contributed by atoms with van der Waals surface area (Å²) in [5.41, 5.74) is 15.0. The molecule has 0 fully saturated rings. The van der Waals surface area contributed by atoms with Gasteiger partial charge in [0.2, 0.25) is 0 Å². The summed E-state index contributed by atoms with van der Waals surface area (Å²) in [7, 11) is 0. The van der Waals surface area contributed by atoms with Gasteiger partial charge in [-0.3, -0.25) is 0 Å². The van der Waals surface area contributed by atoms with Crippen LogP contribution in [0.15, 0.2) is 100 Å². The van der Waals surface area contributed by atoms with E-state index in [0.29, 0.717) is 0 Å². The second-order valence-corrected chi connectivity index (χ2v) is 19.7. The maximum atomic E-state index is 5.57. The van der Waals surface area contributed by atoms with Crippen LogP contribution in [0.2, 0.25) is 0 Å². The minimum absolute atomic E-state index is 0.168. The Morgan fingerprint density at radius 3 is 1.35 bits per heavy atom. The first-order valence-corrected chi connectivity index (χ1v) is 19.6. The van der Waals surface area contributed by atoms with Gasteiger partial charge in [-0.15, -0.1) is 22.7 Å². The highest BCUT2D eigenvalue weighted by atomic mass is 79.9. The van der Waals surface area contributed by atoms with Crippen LogP contribution in [0.1, 0.15) is 105 Å². The molecule has 0 aliphatic rings. The lowest BCUT2D eigenvalue weighted by atomic mass is 9.86. The third-order valence-electron chi connectivity index (χ3n) is 8.64. The lowest BCUT2D eigenvalue weighted by molar-refractivity contribution is 0.590. The highest BCUT2D eigenvalue weighted by molar-refractivity contribution is 9.10. The molecule has 49 heavy (non-hydrogen) atoms. The average molecular weight is 756 g/mol. The fraction of sp³-hybridized carbons (Fsp3) is 0.364. The van der Waals surface area contributed by atoms with Crippen molar-refractivity contribution in [3.05, 3.63) is 122 Å². The van der Waals surface area contributed by atoms with Crippen LogP contribution in [0.25, 0.3) is 20.2 Å². The lowest BCUT2D eigenvalue weighted by Gasteiger charge is -2.20. The van der Waals surface area contributed by atoms with Gasteiger partial charge in [0.15, 0.2) is 0 Å². The van der Waals surface area contributed by atoms with E-state index in [1.54, 1.807) is 22.7 Å². The fourth-order valence-corrected chi connectivity index (χ4v) is 7.66. The van der Waals surface area contributed by atoms with Crippen LogP contribution in [0.5, 0.6) is 0 Å². The molecule has 6 rings (SSSR count). The topological polar surface area (TPSA) is 38.0 Å². The number of hydrogen-bond acceptors (Lipinski definition) is 4. The number of anilines is 3. The van der Waals surface area contributed by atoms with Crippen molar-refractivity contribution >= 4 is 75.8 Å². The summed E-state index contributed by atoms with van der Waals surface area (Å²) in [6.45, 7) is 26.8. The van der Waals surface area contributed by atoms with E-state index >= 15 is 0 Å². The normalized spacial score (nSPS) is 12.3. The van der Waals surface area contributed by atoms with E-state index in [-0.39, 0.29) is 21.7 Å². The molecule has 2 nitrogen and oxygen atoms in total. The Labute approximate surface area is 312 Å². The minimum Gasteiger partial charge on any atom is -0.399 e. The Morgan fingerprint density at radius 2 is 0.878 bits per heavy atom. The number of hydrogen-bond donors (Lipinski definition) is 2. The van der Waals surface area contributed by atoms with Crippen LogP contribution in [-0.2, 0) is 21.7 Å². The second-order valence-electron chi connectivity index (χ2n) is 17.0. The van der Waals surface area contributed by atoms with E-state index in [0.717, 1.165) is 11.4 Å². The van der Waals surface area contributed by atoms with Gasteiger partial charge in [-0.25, -0.2) is 0 Å². The van der Waals surface area contributed by atoms with Crippen molar-refractivity contribution < 1.29 is 0 Å². The average Bonchev–Trinajstić information content (AvgIpc) is 3.59. The van der Waals surface area contributed by atoms with E-state index in [1.807, 2.05) is 12.1 Å². The van der Waals surface area contributed by atoms with Gasteiger partial charge in [0.05, 0.1) is 5.69 Å². The first-order chi connectivity index (χ1) is 22.6. The van der Waals surface area contributed by atoms with E-state index in [1.165, 1.54) is 52.6 Å². The zero-order valence-electron chi connectivity index (χ0n) is 31.5. The van der Waals surface area contributed by atoms with Crippen molar-refractivity contribution in [1.82, 2.24) is 0 Å². The largest absolute Gasteiger partial charge is 0.399 e. The van der Waals surface area contributed by atoms with E-state index in [9.17, 15) is 0 Å². The molecule has 0 saturated heterocycles. The molecule has 3 N–H and O–H groups in total. The van der Waals surface area contributed by atoms with Crippen LogP contribution >= 0.6 is 38.6 Å². The van der Waals surface area contributed by atoms with Gasteiger partial charge in [0.25, 0.3) is 0 Å². The third-order valence-corrected chi connectivity index (χ3v) is 11.5. The van der Waals surface area contributed by atoms with Crippen molar-refractivity contribution in [1.29, 1.82) is 0 Å². The summed E-state index contributed by atoms with van der Waals surface area (Å²) in [5, 5.41) is 10.6. The Hall–Kier alpha value is -3.12. The summed E-state index contributed by atoms with van der Waals surface area (Å²) >= 11 is 7.16. The number of fused-ring (bicyclic) bond motifs is 2. The molecule has 0 radical (unpaired) electrons. The SMILES string of the molecule is CC(C)(C)c1ccc(N)cc1.CC(C)(C)c1ccc(Nc2csc3ccc(C(C)(C)C)cc23)cc1.CC(C)(C)c1ccc2scc(Br)c2c1. The Bertz CT molecular complexity index is 1970. The zero-order chi connectivity index (χ0) is 36.4. The molecular formula is C44H55BrN2S2. The van der Waals surface area contributed by atoms with Gasteiger partial charge in [0, 0.05) is 46.8 Å². The number of thiophene rings is 2. The van der Waals surface area contributed by atoms with E-state index < -0.39 is 0 Å². The van der Waals surface area contributed by atoms with Crippen LogP contribution in [0.3, 0.4) is 0 Å². The molecule has 0 bridgehead atoms. The van der Waals surface area contributed by atoms with Crippen molar-refractivity contribution in [3.63, 3.8) is 0 Å². The second kappa shape index (κ2) is 15.0. The molecule has 2 aromatic heterocycles. The summed E-state index contributed by atoms with van der Waals surface area (Å²) in [6, 6.07) is 30.4. The Kier molecular flexibility index (Phi) is 11.8. The van der Waals surface area contributed by atoms with E-state index in [2.05, 4.69) is 188 Å². The minimum atomic E-state index is 0.168. The maximum Gasteiger partial charge on any atom is 0.0573 e. The smallest absolute Gasteiger partial charge is 0.0573 e. The highest BCUT2D eigenvalue weighted by Crippen LogP contribution is 2.37. The molecule has 0 saturated carbocycles. The molecule has 260 valence electrons. The standard InChI is InChI=1S/C22H27NS.C12H13BrS.C10H15N/c1-21(2,3)15-7-10-17(11-8-15)23-19-14-24-20-12-9-16(13-18(19)20)22(4,5)6;1-12(2,3)8-4-5-11-9(6-8)10(13)7-14-11;1-10(2,3)8-4-6-9(11)7-5-8/h7-14,23H,1-6H3;4-7H,1-3H3;4-7H,11H2,1-3H3. The molecule has 6 aromatic rings.